The van der Waals surface area contributed by atoms with Crippen molar-refractivity contribution in [2.45, 2.75) is 32.7 Å². The number of hydrogen-bond acceptors (Lipinski definition) is 3. The number of aryl methyl sites for hydroxylation is 1. The van der Waals surface area contributed by atoms with Gasteiger partial charge in [-0.05, 0) is 50.0 Å². The number of rotatable bonds is 2. The number of fused-ring (bicyclic) bond motifs is 1. The van der Waals surface area contributed by atoms with Gasteiger partial charge >= 0.3 is 0 Å². The predicted molar refractivity (Wildman–Crippen MR) is 80.1 cm³/mol. The van der Waals surface area contributed by atoms with E-state index in [9.17, 15) is 4.79 Å². The van der Waals surface area contributed by atoms with Crippen LogP contribution in [0.15, 0.2) is 12.3 Å². The molecule has 0 saturated carbocycles. The Bertz CT molecular complexity index is 697. The van der Waals surface area contributed by atoms with Crippen LogP contribution in [0.25, 0.3) is 11.2 Å². The van der Waals surface area contributed by atoms with E-state index in [1.54, 1.807) is 10.8 Å². The zero-order valence-electron chi connectivity index (χ0n) is 11.6. The van der Waals surface area contributed by atoms with Crippen molar-refractivity contribution in [1.82, 2.24) is 19.4 Å². The molecule has 0 bridgehead atoms. The number of carbonyl (C=O) groups is 1. The Labute approximate surface area is 122 Å². The van der Waals surface area contributed by atoms with Crippen molar-refractivity contribution < 1.29 is 4.79 Å². The Hall–Kier alpha value is -1.69. The fraction of sp³-hybridized carbons (Fsp3) is 0.500. The molecule has 3 heterocycles. The zero-order valence-corrected chi connectivity index (χ0v) is 12.4. The smallest absolute Gasteiger partial charge is 0.242 e. The third-order valence-electron chi connectivity index (χ3n) is 3.87. The molecule has 0 radical (unpaired) electrons. The number of carbonyl (C=O) groups excluding carboxylic acids is 1. The molecule has 3 rings (SSSR count). The van der Waals surface area contributed by atoms with Gasteiger partial charge in [0, 0.05) is 19.3 Å². The molecule has 1 N–H and O–H groups in total. The number of piperidine rings is 1. The fourth-order valence-corrected chi connectivity index (χ4v) is 2.95. The Balaban J connectivity index is 1.90. The number of H-pyrrole nitrogens is 1. The van der Waals surface area contributed by atoms with E-state index in [0.29, 0.717) is 4.77 Å². The largest absolute Gasteiger partial charge is 0.341 e. The minimum atomic E-state index is 0.130. The Morgan fingerprint density at radius 3 is 2.90 bits per heavy atom. The average Bonchev–Trinajstić information content (AvgIpc) is 2.78. The highest BCUT2D eigenvalue weighted by Crippen LogP contribution is 2.16. The van der Waals surface area contributed by atoms with Gasteiger partial charge in [-0.3, -0.25) is 9.36 Å². The second-order valence-corrected chi connectivity index (χ2v) is 5.67. The van der Waals surface area contributed by atoms with E-state index < -0.39 is 0 Å². The lowest BCUT2D eigenvalue weighted by Gasteiger charge is -2.26. The van der Waals surface area contributed by atoms with Crippen LogP contribution in [0.3, 0.4) is 0 Å². The summed E-state index contributed by atoms with van der Waals surface area (Å²) < 4.78 is 2.36. The zero-order chi connectivity index (χ0) is 14.1. The van der Waals surface area contributed by atoms with Gasteiger partial charge in [0.2, 0.25) is 5.91 Å². The van der Waals surface area contributed by atoms with Crippen LogP contribution in [0, 0.1) is 11.7 Å². The number of pyridine rings is 1. The van der Waals surface area contributed by atoms with Gasteiger partial charge in [-0.25, -0.2) is 4.98 Å². The summed E-state index contributed by atoms with van der Waals surface area (Å²) in [5.74, 6) is 0.130. The molecule has 0 atom stereocenters. The summed E-state index contributed by atoms with van der Waals surface area (Å²) in [6.45, 7) is 4.00. The number of likely N-dealkylation sites (tertiary alicyclic amines) is 1. The van der Waals surface area contributed by atoms with Crippen LogP contribution in [0.4, 0.5) is 0 Å². The highest BCUT2D eigenvalue weighted by Gasteiger charge is 2.18. The first-order valence-corrected chi connectivity index (χ1v) is 7.39. The van der Waals surface area contributed by atoms with E-state index in [0.717, 1.165) is 42.7 Å². The Morgan fingerprint density at radius 1 is 1.40 bits per heavy atom. The summed E-state index contributed by atoms with van der Waals surface area (Å²) in [7, 11) is 0. The molecule has 1 saturated heterocycles. The summed E-state index contributed by atoms with van der Waals surface area (Å²) in [5, 5.41) is 0. The molecule has 0 spiro atoms. The molecule has 2 aromatic rings. The molecule has 0 aliphatic carbocycles. The number of aromatic nitrogens is 3. The summed E-state index contributed by atoms with van der Waals surface area (Å²) >= 11 is 5.33. The van der Waals surface area contributed by atoms with E-state index in [4.69, 9.17) is 12.2 Å². The first-order valence-electron chi connectivity index (χ1n) is 6.99. The second kappa shape index (κ2) is 5.36. The maximum Gasteiger partial charge on any atom is 0.242 e. The minimum Gasteiger partial charge on any atom is -0.341 e. The summed E-state index contributed by atoms with van der Waals surface area (Å²) in [6.07, 6.45) is 5.17. The lowest BCUT2D eigenvalue weighted by atomic mass is 10.1. The highest BCUT2D eigenvalue weighted by molar-refractivity contribution is 7.71. The van der Waals surface area contributed by atoms with Crippen molar-refractivity contribution in [3.05, 3.63) is 22.6 Å². The van der Waals surface area contributed by atoms with Gasteiger partial charge in [0.15, 0.2) is 10.4 Å². The number of nitrogens with one attached hydrogen (secondary N) is 1. The number of nitrogens with zero attached hydrogens (tertiary/aromatic N) is 3. The van der Waals surface area contributed by atoms with E-state index >= 15 is 0 Å². The third-order valence-corrected chi connectivity index (χ3v) is 4.20. The standard InChI is InChI=1S/C14H18N4OS/c1-10-5-6-15-13-12(10)16-14(20)18(13)9-11(19)17-7-3-2-4-8-17/h5-6H,2-4,7-9H2,1H3,(H,16,20). The van der Waals surface area contributed by atoms with Crippen LogP contribution in [-0.2, 0) is 11.3 Å². The SMILES string of the molecule is Cc1ccnc2c1[nH]c(=S)n2CC(=O)N1CCCCC1. The quantitative estimate of drug-likeness (QED) is 0.864. The van der Waals surface area contributed by atoms with Crippen LogP contribution in [0.1, 0.15) is 24.8 Å². The Morgan fingerprint density at radius 2 is 2.15 bits per heavy atom. The van der Waals surface area contributed by atoms with Gasteiger partial charge in [0.1, 0.15) is 6.54 Å². The molecule has 106 valence electrons. The van der Waals surface area contributed by atoms with E-state index in [-0.39, 0.29) is 12.5 Å². The first-order chi connectivity index (χ1) is 9.66. The molecular formula is C14H18N4OS. The van der Waals surface area contributed by atoms with Crippen LogP contribution >= 0.6 is 12.2 Å². The van der Waals surface area contributed by atoms with Gasteiger partial charge in [0.25, 0.3) is 0 Å². The molecule has 0 aromatic carbocycles. The van der Waals surface area contributed by atoms with Crippen LogP contribution in [0.5, 0.6) is 0 Å². The predicted octanol–water partition coefficient (Wildman–Crippen LogP) is 2.41. The molecular weight excluding hydrogens is 272 g/mol. The molecule has 2 aromatic heterocycles. The molecule has 1 fully saturated rings. The first kappa shape index (κ1) is 13.3. The molecule has 5 nitrogen and oxygen atoms in total. The number of imidazole rings is 1. The Kier molecular flexibility index (Phi) is 3.56. The van der Waals surface area contributed by atoms with Crippen LogP contribution < -0.4 is 0 Å². The number of aromatic amines is 1. The van der Waals surface area contributed by atoms with Crippen molar-refractivity contribution in [3.63, 3.8) is 0 Å². The van der Waals surface area contributed by atoms with E-state index in [1.165, 1.54) is 6.42 Å². The summed E-state index contributed by atoms with van der Waals surface area (Å²) in [6, 6.07) is 1.93. The number of amides is 1. The summed E-state index contributed by atoms with van der Waals surface area (Å²) in [5.41, 5.74) is 2.77. The minimum absolute atomic E-state index is 0.130. The second-order valence-electron chi connectivity index (χ2n) is 5.28. The maximum atomic E-state index is 12.4. The monoisotopic (exact) mass is 290 g/mol. The molecule has 20 heavy (non-hydrogen) atoms. The number of hydrogen-bond donors (Lipinski definition) is 1. The van der Waals surface area contributed by atoms with Crippen molar-refractivity contribution in [2.24, 2.45) is 0 Å². The topological polar surface area (TPSA) is 53.9 Å². The van der Waals surface area contributed by atoms with E-state index in [1.807, 2.05) is 17.9 Å². The van der Waals surface area contributed by atoms with Crippen LogP contribution in [-0.4, -0.2) is 38.4 Å². The van der Waals surface area contributed by atoms with Gasteiger partial charge in [0.05, 0.1) is 5.52 Å². The molecule has 1 amide bonds. The lowest BCUT2D eigenvalue weighted by Crippen LogP contribution is -2.37. The fourth-order valence-electron chi connectivity index (χ4n) is 2.70. The maximum absolute atomic E-state index is 12.4. The average molecular weight is 290 g/mol. The molecule has 1 aliphatic heterocycles. The molecule has 1 aliphatic rings. The third kappa shape index (κ3) is 2.35. The molecule has 0 unspecified atom stereocenters. The normalized spacial score (nSPS) is 15.8. The van der Waals surface area contributed by atoms with Crippen LogP contribution in [0.2, 0.25) is 0 Å². The molecule has 6 heteroatoms. The van der Waals surface area contributed by atoms with Crippen molar-refractivity contribution >= 4 is 29.3 Å². The van der Waals surface area contributed by atoms with Crippen molar-refractivity contribution in [3.8, 4) is 0 Å². The van der Waals surface area contributed by atoms with Gasteiger partial charge in [-0.2, -0.15) is 0 Å². The van der Waals surface area contributed by atoms with Gasteiger partial charge in [-0.1, -0.05) is 0 Å². The van der Waals surface area contributed by atoms with Crippen molar-refractivity contribution in [1.29, 1.82) is 0 Å². The van der Waals surface area contributed by atoms with Crippen molar-refractivity contribution in [2.75, 3.05) is 13.1 Å². The lowest BCUT2D eigenvalue weighted by molar-refractivity contribution is -0.132. The highest BCUT2D eigenvalue weighted by atomic mass is 32.1. The van der Waals surface area contributed by atoms with Gasteiger partial charge in [-0.15, -0.1) is 0 Å². The summed E-state index contributed by atoms with van der Waals surface area (Å²) in [4.78, 5) is 21.8. The van der Waals surface area contributed by atoms with E-state index in [2.05, 4.69) is 9.97 Å². The van der Waals surface area contributed by atoms with Gasteiger partial charge < -0.3 is 9.88 Å².